The van der Waals surface area contributed by atoms with Crippen LogP contribution in [0.2, 0.25) is 0 Å². The number of ether oxygens (including phenoxy) is 1. The summed E-state index contributed by atoms with van der Waals surface area (Å²) < 4.78 is 41.3. The van der Waals surface area contributed by atoms with Gasteiger partial charge in [-0.05, 0) is 13.8 Å². The van der Waals surface area contributed by atoms with E-state index in [9.17, 15) is 13.2 Å². The summed E-state index contributed by atoms with van der Waals surface area (Å²) in [6.07, 6.45) is -5.84. The second-order valence-corrected chi connectivity index (χ2v) is 3.49. The molecular formula is C10H20F3NO. The molecule has 1 saturated heterocycles. The van der Waals surface area contributed by atoms with Gasteiger partial charge < -0.3 is 4.74 Å². The first-order valence-electron chi connectivity index (χ1n) is 5.33. The lowest BCUT2D eigenvalue weighted by atomic mass is 10.2. The molecule has 92 valence electrons. The molecule has 1 aliphatic rings. The van der Waals surface area contributed by atoms with E-state index in [4.69, 9.17) is 0 Å². The summed E-state index contributed by atoms with van der Waals surface area (Å²) >= 11 is 0. The van der Waals surface area contributed by atoms with Gasteiger partial charge in [0.1, 0.15) is 0 Å². The Labute approximate surface area is 89.4 Å². The Bertz CT molecular complexity index is 171. The maximum atomic E-state index is 12.2. The first-order valence-corrected chi connectivity index (χ1v) is 5.33. The summed E-state index contributed by atoms with van der Waals surface area (Å²) in [5, 5.41) is 0. The van der Waals surface area contributed by atoms with Crippen molar-refractivity contribution < 1.29 is 17.9 Å². The average molecular weight is 227 g/mol. The first kappa shape index (κ1) is 14.7. The molecule has 1 unspecified atom stereocenters. The summed E-state index contributed by atoms with van der Waals surface area (Å²) in [4.78, 5) is 1.78. The van der Waals surface area contributed by atoms with E-state index in [0.717, 1.165) is 0 Å². The molecule has 0 aromatic heterocycles. The van der Waals surface area contributed by atoms with Crippen LogP contribution in [0.3, 0.4) is 0 Å². The van der Waals surface area contributed by atoms with Crippen LogP contribution in [0.5, 0.6) is 0 Å². The van der Waals surface area contributed by atoms with Crippen LogP contribution in [-0.4, -0.2) is 42.9 Å². The van der Waals surface area contributed by atoms with E-state index in [0.29, 0.717) is 6.54 Å². The Balaban J connectivity index is 0.000000921. The topological polar surface area (TPSA) is 12.5 Å². The zero-order chi connectivity index (χ0) is 12.1. The average Bonchev–Trinajstić information content (AvgIpc) is 2.20. The van der Waals surface area contributed by atoms with Crippen molar-refractivity contribution in [2.75, 3.05) is 19.7 Å². The van der Waals surface area contributed by atoms with Crippen molar-refractivity contribution >= 4 is 0 Å². The molecule has 0 spiro atoms. The molecule has 1 rings (SSSR count). The van der Waals surface area contributed by atoms with Gasteiger partial charge in [-0.25, -0.2) is 0 Å². The van der Waals surface area contributed by atoms with Crippen LogP contribution in [0.1, 0.15) is 27.7 Å². The Morgan fingerprint density at radius 1 is 1.27 bits per heavy atom. The van der Waals surface area contributed by atoms with Crippen LogP contribution < -0.4 is 0 Å². The van der Waals surface area contributed by atoms with Gasteiger partial charge in [-0.2, -0.15) is 13.2 Å². The maximum absolute atomic E-state index is 12.2. The van der Waals surface area contributed by atoms with Crippen LogP contribution >= 0.6 is 0 Å². The van der Waals surface area contributed by atoms with Gasteiger partial charge in [-0.15, -0.1) is 0 Å². The molecule has 1 aliphatic heterocycles. The Hall–Kier alpha value is -0.290. The highest BCUT2D eigenvalue weighted by Gasteiger charge is 2.43. The van der Waals surface area contributed by atoms with Crippen molar-refractivity contribution in [3.8, 4) is 0 Å². The smallest absolute Gasteiger partial charge is 0.366 e. The molecule has 0 amide bonds. The predicted octanol–water partition coefficient (Wildman–Crippen LogP) is 2.68. The van der Waals surface area contributed by atoms with E-state index in [-0.39, 0.29) is 19.2 Å². The molecule has 0 bridgehead atoms. The van der Waals surface area contributed by atoms with Crippen LogP contribution in [0.25, 0.3) is 0 Å². The number of hydrogen-bond acceptors (Lipinski definition) is 2. The summed E-state index contributed by atoms with van der Waals surface area (Å²) in [7, 11) is 0. The van der Waals surface area contributed by atoms with E-state index in [1.165, 1.54) is 0 Å². The Kier molecular flexibility index (Phi) is 6.20. The van der Waals surface area contributed by atoms with E-state index in [1.54, 1.807) is 4.90 Å². The molecule has 0 radical (unpaired) electrons. The van der Waals surface area contributed by atoms with E-state index >= 15 is 0 Å². The molecular weight excluding hydrogens is 207 g/mol. The molecule has 1 fully saturated rings. The predicted molar refractivity (Wildman–Crippen MR) is 53.9 cm³/mol. The number of alkyl halides is 3. The van der Waals surface area contributed by atoms with Crippen LogP contribution in [0.15, 0.2) is 0 Å². The van der Waals surface area contributed by atoms with E-state index in [1.807, 2.05) is 27.7 Å². The fourth-order valence-corrected chi connectivity index (χ4v) is 1.34. The lowest BCUT2D eigenvalue weighted by molar-refractivity contribution is -0.238. The largest absolute Gasteiger partial charge is 0.415 e. The highest BCUT2D eigenvalue weighted by atomic mass is 19.4. The maximum Gasteiger partial charge on any atom is 0.415 e. The molecule has 1 atom stereocenters. The second kappa shape index (κ2) is 6.33. The first-order chi connectivity index (χ1) is 6.91. The second-order valence-electron chi connectivity index (χ2n) is 3.49. The summed E-state index contributed by atoms with van der Waals surface area (Å²) in [5.41, 5.74) is 0. The Morgan fingerprint density at radius 3 is 2.20 bits per heavy atom. The number of halogens is 3. The summed E-state index contributed by atoms with van der Waals surface area (Å²) in [6, 6.07) is 0.147. The molecule has 5 heteroatoms. The van der Waals surface area contributed by atoms with E-state index in [2.05, 4.69) is 4.74 Å². The van der Waals surface area contributed by atoms with Crippen molar-refractivity contribution in [3.63, 3.8) is 0 Å². The number of morpholine rings is 1. The zero-order valence-electron chi connectivity index (χ0n) is 9.77. The van der Waals surface area contributed by atoms with Gasteiger partial charge in [0.25, 0.3) is 0 Å². The molecule has 15 heavy (non-hydrogen) atoms. The molecule has 0 aliphatic carbocycles. The van der Waals surface area contributed by atoms with Crippen molar-refractivity contribution in [1.29, 1.82) is 0 Å². The summed E-state index contributed by atoms with van der Waals surface area (Å²) in [5.74, 6) is 0. The number of rotatable bonds is 1. The number of nitrogens with zero attached hydrogens (tertiary/aromatic N) is 1. The lowest BCUT2D eigenvalue weighted by Gasteiger charge is -2.36. The summed E-state index contributed by atoms with van der Waals surface area (Å²) in [6.45, 7) is 8.49. The highest BCUT2D eigenvalue weighted by molar-refractivity contribution is 4.78. The standard InChI is InChI=1S/C8H14F3NO.C2H6/c1-6(2)12-3-4-13-7(5-12)8(9,10)11;1-2/h6-7H,3-5H2,1-2H3;1-2H3. The van der Waals surface area contributed by atoms with Gasteiger partial charge in [-0.1, -0.05) is 13.8 Å². The lowest BCUT2D eigenvalue weighted by Crippen LogP contribution is -2.51. The molecule has 0 aromatic rings. The third kappa shape index (κ3) is 4.84. The Morgan fingerprint density at radius 2 is 1.80 bits per heavy atom. The van der Waals surface area contributed by atoms with E-state index < -0.39 is 12.3 Å². The SMILES string of the molecule is CC.CC(C)N1CCOC(C(F)(F)F)C1. The third-order valence-corrected chi connectivity index (χ3v) is 2.19. The fraction of sp³-hybridized carbons (Fsp3) is 1.00. The molecule has 1 heterocycles. The normalized spacial score (nSPS) is 23.6. The van der Waals surface area contributed by atoms with Crippen LogP contribution in [0.4, 0.5) is 13.2 Å². The fourth-order valence-electron chi connectivity index (χ4n) is 1.34. The van der Waals surface area contributed by atoms with Gasteiger partial charge >= 0.3 is 6.18 Å². The zero-order valence-corrected chi connectivity index (χ0v) is 9.77. The minimum absolute atomic E-state index is 0.0405. The van der Waals surface area contributed by atoms with Gasteiger partial charge in [0, 0.05) is 19.1 Å². The van der Waals surface area contributed by atoms with Crippen molar-refractivity contribution in [3.05, 3.63) is 0 Å². The van der Waals surface area contributed by atoms with Gasteiger partial charge in [0.15, 0.2) is 6.10 Å². The van der Waals surface area contributed by atoms with Gasteiger partial charge in [-0.3, -0.25) is 4.90 Å². The van der Waals surface area contributed by atoms with Crippen molar-refractivity contribution in [1.82, 2.24) is 4.90 Å². The minimum atomic E-state index is -4.23. The molecule has 2 nitrogen and oxygen atoms in total. The van der Waals surface area contributed by atoms with Crippen LogP contribution in [-0.2, 0) is 4.74 Å². The van der Waals surface area contributed by atoms with Crippen molar-refractivity contribution in [2.45, 2.75) is 46.0 Å². The van der Waals surface area contributed by atoms with Gasteiger partial charge in [0.05, 0.1) is 6.61 Å². The number of hydrogen-bond donors (Lipinski definition) is 0. The molecule has 0 N–H and O–H groups in total. The molecule has 0 saturated carbocycles. The third-order valence-electron chi connectivity index (χ3n) is 2.19. The van der Waals surface area contributed by atoms with Gasteiger partial charge in [0.2, 0.25) is 0 Å². The van der Waals surface area contributed by atoms with Crippen molar-refractivity contribution in [2.24, 2.45) is 0 Å². The monoisotopic (exact) mass is 227 g/mol. The molecule has 0 aromatic carbocycles. The van der Waals surface area contributed by atoms with Crippen LogP contribution in [0, 0.1) is 0 Å². The minimum Gasteiger partial charge on any atom is -0.366 e. The quantitative estimate of drug-likeness (QED) is 0.683. The highest BCUT2D eigenvalue weighted by Crippen LogP contribution is 2.26.